The normalized spacial score (nSPS) is 15.4. The van der Waals surface area contributed by atoms with Crippen LogP contribution in [-0.4, -0.2) is 44.5 Å². The number of hydrogen-bond donors (Lipinski definition) is 1. The van der Waals surface area contributed by atoms with Crippen LogP contribution >= 0.6 is 11.6 Å². The molecular formula is C19H16ClN3O5. The van der Waals surface area contributed by atoms with Gasteiger partial charge in [-0.3, -0.25) is 9.59 Å². The molecule has 0 spiro atoms. The smallest absolute Gasteiger partial charge is 0.331 e. The molecule has 2 aromatic carbocycles. The second kappa shape index (κ2) is 7.05. The molecule has 0 radical (unpaired) electrons. The van der Waals surface area contributed by atoms with E-state index in [-0.39, 0.29) is 31.5 Å². The van der Waals surface area contributed by atoms with Gasteiger partial charge in [-0.2, -0.15) is 0 Å². The molecular weight excluding hydrogens is 386 g/mol. The molecule has 0 atom stereocenters. The number of benzene rings is 2. The van der Waals surface area contributed by atoms with Crippen LogP contribution in [0, 0.1) is 0 Å². The van der Waals surface area contributed by atoms with Gasteiger partial charge in [0.25, 0.3) is 5.91 Å². The molecule has 0 aliphatic carbocycles. The number of carbonyl (C=O) groups is 3. The van der Waals surface area contributed by atoms with E-state index in [2.05, 4.69) is 5.32 Å². The quantitative estimate of drug-likeness (QED) is 0.625. The third-order valence-corrected chi connectivity index (χ3v) is 4.71. The van der Waals surface area contributed by atoms with Gasteiger partial charge in [0.2, 0.25) is 5.91 Å². The van der Waals surface area contributed by atoms with Crippen molar-refractivity contribution < 1.29 is 23.9 Å². The van der Waals surface area contributed by atoms with Gasteiger partial charge >= 0.3 is 5.97 Å². The van der Waals surface area contributed by atoms with Crippen LogP contribution in [0.15, 0.2) is 36.4 Å². The lowest BCUT2D eigenvalue weighted by atomic mass is 10.2. The van der Waals surface area contributed by atoms with Crippen LogP contribution in [0.2, 0.25) is 5.02 Å². The van der Waals surface area contributed by atoms with Crippen LogP contribution in [0.5, 0.6) is 11.5 Å². The van der Waals surface area contributed by atoms with E-state index in [9.17, 15) is 14.4 Å². The maximum absolute atomic E-state index is 12.5. The Morgan fingerprint density at radius 2 is 1.96 bits per heavy atom. The number of likely N-dealkylation sites (N-methyl/N-ethyl adjacent to an activating group) is 1. The highest BCUT2D eigenvalue weighted by Gasteiger charge is 2.26. The molecule has 1 N–H and O–H groups in total. The lowest BCUT2D eigenvalue weighted by molar-refractivity contribution is -0.133. The van der Waals surface area contributed by atoms with Gasteiger partial charge in [0.05, 0.1) is 17.9 Å². The zero-order valence-electron chi connectivity index (χ0n) is 14.9. The van der Waals surface area contributed by atoms with Crippen molar-refractivity contribution in [1.29, 1.82) is 0 Å². The number of amides is 2. The number of hydrogen-bond acceptors (Lipinski definition) is 6. The number of halogens is 1. The predicted octanol–water partition coefficient (Wildman–Crippen LogP) is 2.06. The van der Waals surface area contributed by atoms with Gasteiger partial charge in [0, 0.05) is 23.8 Å². The first-order valence-corrected chi connectivity index (χ1v) is 8.87. The molecule has 0 saturated carbocycles. The molecule has 9 heteroatoms. The number of rotatable bonds is 3. The highest BCUT2D eigenvalue weighted by molar-refractivity contribution is 6.31. The largest absolute Gasteiger partial charge is 0.481 e. The summed E-state index contributed by atoms with van der Waals surface area (Å²) in [7, 11) is 1.67. The Hall–Kier alpha value is -3.26. The average molecular weight is 402 g/mol. The monoisotopic (exact) mass is 401 g/mol. The average Bonchev–Trinajstić information content (AvgIpc) is 2.65. The van der Waals surface area contributed by atoms with Crippen LogP contribution in [0.3, 0.4) is 0 Å². The van der Waals surface area contributed by atoms with Crippen LogP contribution in [-0.2, 0) is 14.4 Å². The van der Waals surface area contributed by atoms with Gasteiger partial charge in [-0.05, 0) is 30.3 Å². The van der Waals surface area contributed by atoms with E-state index >= 15 is 0 Å². The molecule has 0 fully saturated rings. The molecule has 0 unspecified atom stereocenters. The third kappa shape index (κ3) is 3.46. The molecule has 4 rings (SSSR count). The lowest BCUT2D eigenvalue weighted by Crippen LogP contribution is -2.41. The van der Waals surface area contributed by atoms with Crippen LogP contribution < -0.4 is 24.6 Å². The predicted molar refractivity (Wildman–Crippen MR) is 103 cm³/mol. The number of nitrogens with one attached hydrogen (secondary N) is 1. The number of fused-ring (bicyclic) bond motifs is 2. The summed E-state index contributed by atoms with van der Waals surface area (Å²) in [6, 6.07) is 9.91. The minimum atomic E-state index is -0.447. The van der Waals surface area contributed by atoms with Gasteiger partial charge in [0.15, 0.2) is 12.4 Å². The maximum Gasteiger partial charge on any atom is 0.331 e. The minimum absolute atomic E-state index is 0.0473. The van der Waals surface area contributed by atoms with E-state index in [1.54, 1.807) is 48.3 Å². The zero-order chi connectivity index (χ0) is 19.8. The topological polar surface area (TPSA) is 88.2 Å². The van der Waals surface area contributed by atoms with E-state index in [4.69, 9.17) is 21.1 Å². The molecule has 2 aliphatic rings. The molecule has 2 amide bonds. The summed E-state index contributed by atoms with van der Waals surface area (Å²) in [4.78, 5) is 39.1. The van der Waals surface area contributed by atoms with Crippen LogP contribution in [0.4, 0.5) is 17.1 Å². The van der Waals surface area contributed by atoms with Crippen molar-refractivity contribution in [3.8, 4) is 11.5 Å². The van der Waals surface area contributed by atoms with Crippen LogP contribution in [0.25, 0.3) is 0 Å². The first-order chi connectivity index (χ1) is 13.4. The lowest BCUT2D eigenvalue weighted by Gasteiger charge is -2.29. The van der Waals surface area contributed by atoms with E-state index in [1.165, 1.54) is 4.90 Å². The molecule has 2 heterocycles. The zero-order valence-corrected chi connectivity index (χ0v) is 15.7. The second-order valence-electron chi connectivity index (χ2n) is 6.41. The van der Waals surface area contributed by atoms with E-state index in [0.29, 0.717) is 33.6 Å². The summed E-state index contributed by atoms with van der Waals surface area (Å²) in [6.45, 7) is -0.159. The Morgan fingerprint density at radius 1 is 1.14 bits per heavy atom. The summed E-state index contributed by atoms with van der Waals surface area (Å²) in [5.41, 5.74) is 1.74. The van der Waals surface area contributed by atoms with E-state index in [1.807, 2.05) is 0 Å². The van der Waals surface area contributed by atoms with Gasteiger partial charge < -0.3 is 24.6 Å². The summed E-state index contributed by atoms with van der Waals surface area (Å²) in [5, 5.41) is 3.26. The molecule has 28 heavy (non-hydrogen) atoms. The molecule has 0 bridgehead atoms. The SMILES string of the molecule is CN1C(=O)COc2cc(NC(=O)CN3CC(=O)Oc4ccc(Cl)cc43)ccc21. The van der Waals surface area contributed by atoms with E-state index < -0.39 is 5.97 Å². The van der Waals surface area contributed by atoms with Crippen molar-refractivity contribution in [2.45, 2.75) is 0 Å². The summed E-state index contributed by atoms with van der Waals surface area (Å²) < 4.78 is 10.6. The number of ether oxygens (including phenoxy) is 2. The number of nitrogens with zero attached hydrogens (tertiary/aromatic N) is 2. The summed E-state index contributed by atoms with van der Waals surface area (Å²) in [5.74, 6) is -0.0289. The summed E-state index contributed by atoms with van der Waals surface area (Å²) >= 11 is 6.02. The fourth-order valence-electron chi connectivity index (χ4n) is 3.09. The standard InChI is InChI=1S/C19H16ClN3O5/c1-22-13-4-3-12(7-16(13)27-10-18(22)25)21-17(24)8-23-9-19(26)28-15-5-2-11(20)6-14(15)23/h2-7H,8-10H2,1H3,(H,21,24). The Balaban J connectivity index is 1.49. The molecule has 8 nitrogen and oxygen atoms in total. The van der Waals surface area contributed by atoms with E-state index in [0.717, 1.165) is 0 Å². The molecule has 2 aliphatic heterocycles. The number of anilines is 3. The third-order valence-electron chi connectivity index (χ3n) is 4.47. The van der Waals surface area contributed by atoms with Gasteiger partial charge in [-0.1, -0.05) is 11.6 Å². The maximum atomic E-state index is 12.5. The van der Waals surface area contributed by atoms with Crippen molar-refractivity contribution in [2.24, 2.45) is 0 Å². The molecule has 0 saturated heterocycles. The van der Waals surface area contributed by atoms with Crippen molar-refractivity contribution in [2.75, 3.05) is 41.9 Å². The van der Waals surface area contributed by atoms with Crippen LogP contribution in [0.1, 0.15) is 0 Å². The number of esters is 1. The van der Waals surface area contributed by atoms with Gasteiger partial charge in [-0.15, -0.1) is 0 Å². The van der Waals surface area contributed by atoms with Crippen molar-refractivity contribution in [1.82, 2.24) is 0 Å². The van der Waals surface area contributed by atoms with Crippen molar-refractivity contribution >= 4 is 46.4 Å². The molecule has 2 aromatic rings. The fraction of sp³-hybridized carbons (Fsp3) is 0.211. The first kappa shape index (κ1) is 18.1. The highest BCUT2D eigenvalue weighted by atomic mass is 35.5. The Morgan fingerprint density at radius 3 is 2.79 bits per heavy atom. The van der Waals surface area contributed by atoms with Crippen molar-refractivity contribution in [3.63, 3.8) is 0 Å². The fourth-order valence-corrected chi connectivity index (χ4v) is 3.26. The van der Waals surface area contributed by atoms with Crippen molar-refractivity contribution in [3.05, 3.63) is 41.4 Å². The minimum Gasteiger partial charge on any atom is -0.481 e. The Bertz CT molecular complexity index is 994. The van der Waals surface area contributed by atoms with Gasteiger partial charge in [-0.25, -0.2) is 4.79 Å². The first-order valence-electron chi connectivity index (χ1n) is 8.49. The number of carbonyl (C=O) groups excluding carboxylic acids is 3. The second-order valence-corrected chi connectivity index (χ2v) is 6.85. The highest BCUT2D eigenvalue weighted by Crippen LogP contribution is 2.35. The molecule has 0 aromatic heterocycles. The Kier molecular flexibility index (Phi) is 4.56. The summed E-state index contributed by atoms with van der Waals surface area (Å²) in [6.07, 6.45) is 0. The van der Waals surface area contributed by atoms with Gasteiger partial charge in [0.1, 0.15) is 12.3 Å². The Labute approximate surface area is 165 Å². The molecule has 144 valence electrons.